The molecule has 0 aliphatic heterocycles. The number of rotatable bonds is 3. The van der Waals surface area contributed by atoms with Crippen LogP contribution >= 0.6 is 0 Å². The van der Waals surface area contributed by atoms with Gasteiger partial charge in [-0.2, -0.15) is 0 Å². The highest BCUT2D eigenvalue weighted by atomic mass is 15.0. The van der Waals surface area contributed by atoms with E-state index in [9.17, 15) is 0 Å². The molecule has 2 nitrogen and oxygen atoms in total. The molecule has 0 fully saturated rings. The van der Waals surface area contributed by atoms with Crippen LogP contribution in [0.4, 0.5) is 0 Å². The fourth-order valence-electron chi connectivity index (χ4n) is 7.74. The molecule has 45 heavy (non-hydrogen) atoms. The predicted molar refractivity (Wildman–Crippen MR) is 189 cm³/mol. The second kappa shape index (κ2) is 9.32. The summed E-state index contributed by atoms with van der Waals surface area (Å²) in [6.45, 7) is 0. The molecule has 0 saturated heterocycles. The van der Waals surface area contributed by atoms with Crippen molar-refractivity contribution in [2.45, 2.75) is 6.42 Å². The average Bonchev–Trinajstić information content (AvgIpc) is 3.76. The minimum Gasteiger partial charge on any atom is -0.307 e. The standard InChI is InChI=1S/C43H28N2/c1-2-11-32(12-3-1)44-40-16-8-6-14-36(40)38-24-25-39-37-15-7-9-17-41(37)45(43(39)42(38)44)33-21-18-28(19-22-33)29-20-23-35-31(26-29)27-30-10-4-5-13-34(30)35/h1-26H,27H2. The smallest absolute Gasteiger partial charge is 0.0788 e. The molecule has 0 amide bonds. The summed E-state index contributed by atoms with van der Waals surface area (Å²) in [6.07, 6.45) is 1.00. The van der Waals surface area contributed by atoms with Crippen LogP contribution < -0.4 is 0 Å². The molecule has 1 aliphatic rings. The topological polar surface area (TPSA) is 9.86 Å². The molecule has 0 saturated carbocycles. The van der Waals surface area contributed by atoms with Gasteiger partial charge in [-0.3, -0.25) is 0 Å². The number of hydrogen-bond donors (Lipinski definition) is 0. The van der Waals surface area contributed by atoms with E-state index in [2.05, 4.69) is 167 Å². The van der Waals surface area contributed by atoms with Crippen molar-refractivity contribution in [1.29, 1.82) is 0 Å². The molecule has 0 radical (unpaired) electrons. The third kappa shape index (κ3) is 3.51. The summed E-state index contributed by atoms with van der Waals surface area (Å²) >= 11 is 0. The maximum atomic E-state index is 2.47. The Kier molecular flexibility index (Phi) is 5.09. The zero-order chi connectivity index (χ0) is 29.5. The van der Waals surface area contributed by atoms with Crippen LogP contribution in [-0.4, -0.2) is 9.13 Å². The lowest BCUT2D eigenvalue weighted by Gasteiger charge is -2.13. The summed E-state index contributed by atoms with van der Waals surface area (Å²) in [6, 6.07) is 57.9. The first-order valence-electron chi connectivity index (χ1n) is 15.7. The highest BCUT2D eigenvalue weighted by Gasteiger charge is 2.21. The lowest BCUT2D eigenvalue weighted by Crippen LogP contribution is -1.98. The highest BCUT2D eigenvalue weighted by Crippen LogP contribution is 2.42. The number of aromatic nitrogens is 2. The number of benzene rings is 7. The third-order valence-electron chi connectivity index (χ3n) is 9.74. The van der Waals surface area contributed by atoms with Gasteiger partial charge < -0.3 is 9.13 Å². The van der Waals surface area contributed by atoms with Gasteiger partial charge in [-0.25, -0.2) is 0 Å². The molecule has 1 aliphatic carbocycles. The maximum absolute atomic E-state index is 2.47. The lowest BCUT2D eigenvalue weighted by molar-refractivity contribution is 1.15. The van der Waals surface area contributed by atoms with E-state index in [4.69, 9.17) is 0 Å². The van der Waals surface area contributed by atoms with Crippen LogP contribution in [0.3, 0.4) is 0 Å². The van der Waals surface area contributed by atoms with Gasteiger partial charge in [0, 0.05) is 32.9 Å². The normalized spacial score (nSPS) is 12.4. The van der Waals surface area contributed by atoms with Gasteiger partial charge in [0.2, 0.25) is 0 Å². The first-order valence-corrected chi connectivity index (χ1v) is 15.7. The SMILES string of the molecule is c1ccc(-n2c3ccccc3c3ccc4c5ccccc5n(-c5ccc(-c6ccc7c(c6)Cc6ccccc6-7)cc5)c4c32)cc1. The minimum atomic E-state index is 1.00. The number of fused-ring (bicyclic) bond motifs is 10. The molecular weight excluding hydrogens is 544 g/mol. The van der Waals surface area contributed by atoms with Crippen molar-refractivity contribution in [2.75, 3.05) is 0 Å². The van der Waals surface area contributed by atoms with Crippen LogP contribution in [0, 0.1) is 0 Å². The Morgan fingerprint density at radius 2 is 0.889 bits per heavy atom. The molecule has 10 rings (SSSR count). The summed E-state index contributed by atoms with van der Waals surface area (Å²) < 4.78 is 4.91. The Bertz CT molecular complexity index is 2600. The van der Waals surface area contributed by atoms with Gasteiger partial charge in [-0.15, -0.1) is 0 Å². The molecule has 7 aromatic carbocycles. The number of para-hydroxylation sites is 3. The van der Waals surface area contributed by atoms with Crippen molar-refractivity contribution in [3.8, 4) is 33.6 Å². The number of hydrogen-bond acceptors (Lipinski definition) is 0. The zero-order valence-electron chi connectivity index (χ0n) is 24.6. The average molecular weight is 573 g/mol. The van der Waals surface area contributed by atoms with Gasteiger partial charge in [0.25, 0.3) is 0 Å². The summed E-state index contributed by atoms with van der Waals surface area (Å²) in [5.74, 6) is 0. The van der Waals surface area contributed by atoms with Gasteiger partial charge >= 0.3 is 0 Å². The quantitative estimate of drug-likeness (QED) is 0.199. The van der Waals surface area contributed by atoms with Crippen molar-refractivity contribution in [3.63, 3.8) is 0 Å². The molecule has 0 spiro atoms. The van der Waals surface area contributed by atoms with E-state index in [0.29, 0.717) is 0 Å². The molecule has 210 valence electrons. The maximum Gasteiger partial charge on any atom is 0.0788 e. The van der Waals surface area contributed by atoms with Crippen LogP contribution in [0.2, 0.25) is 0 Å². The Hall–Kier alpha value is -5.86. The van der Waals surface area contributed by atoms with E-state index in [1.807, 2.05) is 0 Å². The first-order chi connectivity index (χ1) is 22.3. The number of nitrogens with zero attached hydrogens (tertiary/aromatic N) is 2. The van der Waals surface area contributed by atoms with Crippen molar-refractivity contribution in [2.24, 2.45) is 0 Å². The molecule has 9 aromatic rings. The van der Waals surface area contributed by atoms with E-state index in [1.54, 1.807) is 0 Å². The molecule has 0 N–H and O–H groups in total. The fourth-order valence-corrected chi connectivity index (χ4v) is 7.74. The Labute approximate surface area is 261 Å². The third-order valence-corrected chi connectivity index (χ3v) is 9.74. The van der Waals surface area contributed by atoms with Gasteiger partial charge in [0.1, 0.15) is 0 Å². The minimum absolute atomic E-state index is 1.00. The monoisotopic (exact) mass is 572 g/mol. The summed E-state index contributed by atoms with van der Waals surface area (Å²) in [5.41, 5.74) is 15.3. The molecular formula is C43H28N2. The van der Waals surface area contributed by atoms with Crippen molar-refractivity contribution in [1.82, 2.24) is 9.13 Å². The van der Waals surface area contributed by atoms with Gasteiger partial charge in [0.05, 0.1) is 22.1 Å². The molecule has 0 bridgehead atoms. The van der Waals surface area contributed by atoms with E-state index in [-0.39, 0.29) is 0 Å². The van der Waals surface area contributed by atoms with E-state index in [0.717, 1.165) is 12.1 Å². The molecule has 0 atom stereocenters. The Morgan fingerprint density at radius 1 is 0.356 bits per heavy atom. The Balaban J connectivity index is 1.21. The summed E-state index contributed by atoms with van der Waals surface area (Å²) in [5, 5.41) is 5.06. The fraction of sp³-hybridized carbons (Fsp3) is 0.0233. The summed E-state index contributed by atoms with van der Waals surface area (Å²) in [7, 11) is 0. The van der Waals surface area contributed by atoms with Crippen molar-refractivity contribution >= 4 is 43.6 Å². The molecule has 2 heteroatoms. The summed E-state index contributed by atoms with van der Waals surface area (Å²) in [4.78, 5) is 0. The van der Waals surface area contributed by atoms with Crippen molar-refractivity contribution in [3.05, 3.63) is 169 Å². The van der Waals surface area contributed by atoms with Crippen molar-refractivity contribution < 1.29 is 0 Å². The van der Waals surface area contributed by atoms with Crippen LogP contribution in [0.15, 0.2) is 158 Å². The zero-order valence-corrected chi connectivity index (χ0v) is 24.6. The first kappa shape index (κ1) is 24.6. The van der Waals surface area contributed by atoms with Crippen LogP contribution in [0.5, 0.6) is 0 Å². The lowest BCUT2D eigenvalue weighted by atomic mass is 9.99. The van der Waals surface area contributed by atoms with Crippen LogP contribution in [0.25, 0.3) is 77.2 Å². The second-order valence-electron chi connectivity index (χ2n) is 12.2. The predicted octanol–water partition coefficient (Wildman–Crippen LogP) is 11.1. The molecule has 0 unspecified atom stereocenters. The van der Waals surface area contributed by atoms with Gasteiger partial charge in [-0.05, 0) is 76.2 Å². The largest absolute Gasteiger partial charge is 0.307 e. The highest BCUT2D eigenvalue weighted by molar-refractivity contribution is 6.23. The van der Waals surface area contributed by atoms with E-state index in [1.165, 1.54) is 82.7 Å². The van der Waals surface area contributed by atoms with Crippen LogP contribution in [-0.2, 0) is 6.42 Å². The van der Waals surface area contributed by atoms with Gasteiger partial charge in [0.15, 0.2) is 0 Å². The van der Waals surface area contributed by atoms with E-state index >= 15 is 0 Å². The van der Waals surface area contributed by atoms with Gasteiger partial charge in [-0.1, -0.05) is 121 Å². The Morgan fingerprint density at radius 3 is 1.58 bits per heavy atom. The van der Waals surface area contributed by atoms with Crippen LogP contribution in [0.1, 0.15) is 11.1 Å². The van der Waals surface area contributed by atoms with E-state index < -0.39 is 0 Å². The molecule has 2 heterocycles. The molecule has 2 aromatic heterocycles. The second-order valence-corrected chi connectivity index (χ2v) is 12.2.